The number of benzene rings is 1. The molecule has 0 aromatic heterocycles. The minimum absolute atomic E-state index is 0. The first-order valence-corrected chi connectivity index (χ1v) is 8.09. The van der Waals surface area contributed by atoms with Crippen LogP contribution in [0.5, 0.6) is 0 Å². The van der Waals surface area contributed by atoms with Crippen molar-refractivity contribution in [2.24, 2.45) is 0 Å². The van der Waals surface area contributed by atoms with Gasteiger partial charge in [0.05, 0.1) is 0 Å². The first-order chi connectivity index (χ1) is 8.94. The fourth-order valence-electron chi connectivity index (χ4n) is 3.48. The van der Waals surface area contributed by atoms with Crippen molar-refractivity contribution in [2.75, 3.05) is 0 Å². The molecule has 2 unspecified atom stereocenters. The van der Waals surface area contributed by atoms with Crippen LogP contribution in [0.3, 0.4) is 0 Å². The van der Waals surface area contributed by atoms with Crippen molar-refractivity contribution in [1.82, 2.24) is 0 Å². The molecule has 1 aromatic rings. The molecule has 0 heterocycles. The molecule has 0 aliphatic heterocycles. The van der Waals surface area contributed by atoms with Gasteiger partial charge in [0.15, 0.2) is 0 Å². The second-order valence-electron chi connectivity index (χ2n) is 5.88. The second kappa shape index (κ2) is 6.57. The summed E-state index contributed by atoms with van der Waals surface area (Å²) in [5, 5.41) is 0. The van der Waals surface area contributed by atoms with Crippen molar-refractivity contribution >= 4 is 6.08 Å². The van der Waals surface area contributed by atoms with Crippen LogP contribution in [0, 0.1) is 0 Å². The van der Waals surface area contributed by atoms with E-state index in [1.807, 2.05) is 0 Å². The standard InChI is InChI=1S/C18H19.2ClH.Zr/c1-11-12(2)14(4)18(13(11)3)17-10-9-15-7-5-6-8-16(15)17;;;/h5-10,17H,1-4H3;2*1H;/q;;;+2/p-2. The Kier molecular flexibility index (Phi) is 5.93. The number of fused-ring (bicyclic) bond motifs is 1. The number of halogens is 2. The minimum Gasteiger partial charge on any atom is -1.00 e. The van der Waals surface area contributed by atoms with Crippen LogP contribution in [0.4, 0.5) is 0 Å². The Bertz CT molecular complexity index is 651. The third kappa shape index (κ3) is 2.78. The predicted molar refractivity (Wildman–Crippen MR) is 77.7 cm³/mol. The smallest absolute Gasteiger partial charge is 1.00 e. The van der Waals surface area contributed by atoms with Gasteiger partial charge in [-0.05, 0) is 0 Å². The monoisotopic (exact) mass is 395 g/mol. The molecule has 1 aromatic carbocycles. The summed E-state index contributed by atoms with van der Waals surface area (Å²) in [7, 11) is 0. The maximum Gasteiger partial charge on any atom is -1.00 e. The van der Waals surface area contributed by atoms with Gasteiger partial charge in [0.1, 0.15) is 0 Å². The molecule has 3 rings (SSSR count). The summed E-state index contributed by atoms with van der Waals surface area (Å²) in [5.74, 6) is 0.480. The molecule has 2 atom stereocenters. The van der Waals surface area contributed by atoms with Gasteiger partial charge in [0, 0.05) is 0 Å². The van der Waals surface area contributed by atoms with Crippen LogP contribution < -0.4 is 24.8 Å². The van der Waals surface area contributed by atoms with Crippen molar-refractivity contribution in [2.45, 2.75) is 36.7 Å². The van der Waals surface area contributed by atoms with Crippen molar-refractivity contribution in [3.05, 3.63) is 63.8 Å². The van der Waals surface area contributed by atoms with E-state index in [0.717, 1.165) is 0 Å². The van der Waals surface area contributed by atoms with Crippen LogP contribution in [-0.2, 0) is 24.7 Å². The molecule has 0 amide bonds. The van der Waals surface area contributed by atoms with Gasteiger partial charge in [-0.3, -0.25) is 0 Å². The summed E-state index contributed by atoms with van der Waals surface area (Å²) >= 11 is 1.60. The zero-order valence-corrected chi connectivity index (χ0v) is 16.8. The Hall–Kier alpha value is -0.0969. The molecule has 109 valence electrons. The quantitative estimate of drug-likeness (QED) is 0.582. The van der Waals surface area contributed by atoms with E-state index in [0.29, 0.717) is 5.92 Å². The fraction of sp³-hybridized carbons (Fsp3) is 0.333. The van der Waals surface area contributed by atoms with E-state index in [1.54, 1.807) is 35.9 Å². The maximum absolute atomic E-state index is 2.41. The Morgan fingerprint density at radius 1 is 1.00 bits per heavy atom. The van der Waals surface area contributed by atoms with E-state index >= 15 is 0 Å². The third-order valence-electron chi connectivity index (χ3n) is 4.93. The molecule has 0 fully saturated rings. The van der Waals surface area contributed by atoms with E-state index in [4.69, 9.17) is 0 Å². The maximum atomic E-state index is 2.41. The molecule has 21 heavy (non-hydrogen) atoms. The molecular weight excluding hydrogens is 378 g/mol. The van der Waals surface area contributed by atoms with Crippen LogP contribution >= 0.6 is 0 Å². The summed E-state index contributed by atoms with van der Waals surface area (Å²) in [6, 6.07) is 8.81. The van der Waals surface area contributed by atoms with Gasteiger partial charge in [-0.2, -0.15) is 0 Å². The normalized spacial score (nSPS) is 26.7. The Morgan fingerprint density at radius 3 is 2.19 bits per heavy atom. The van der Waals surface area contributed by atoms with Crippen molar-refractivity contribution in [3.63, 3.8) is 0 Å². The SMILES string of the molecule is CC1=C(C)[C](C)([Zr+2])C(C2C=Cc3ccccc32)=C1C.[Cl-].[Cl-]. The first kappa shape index (κ1) is 19.0. The Labute approximate surface area is 155 Å². The number of rotatable bonds is 1. The number of hydrogen-bond donors (Lipinski definition) is 0. The molecule has 2 aliphatic rings. The minimum atomic E-state index is 0. The first-order valence-electron chi connectivity index (χ1n) is 6.86. The van der Waals surface area contributed by atoms with Gasteiger partial charge in [-0.15, -0.1) is 0 Å². The molecule has 0 saturated heterocycles. The summed E-state index contributed by atoms with van der Waals surface area (Å²) in [6.45, 7) is 9.30. The van der Waals surface area contributed by atoms with Crippen molar-refractivity contribution in [1.29, 1.82) is 0 Å². The third-order valence-corrected chi connectivity index (χ3v) is 6.51. The fourth-order valence-corrected chi connectivity index (χ4v) is 4.78. The molecule has 0 N–H and O–H groups in total. The van der Waals surface area contributed by atoms with Crippen LogP contribution in [-0.4, -0.2) is 0 Å². The zero-order chi connectivity index (χ0) is 13.8. The molecule has 3 heteroatoms. The second-order valence-corrected chi connectivity index (χ2v) is 8.34. The van der Waals surface area contributed by atoms with Crippen molar-refractivity contribution < 1.29 is 49.5 Å². The zero-order valence-electron chi connectivity index (χ0n) is 12.8. The van der Waals surface area contributed by atoms with E-state index in [2.05, 4.69) is 64.1 Å². The Morgan fingerprint density at radius 2 is 1.62 bits per heavy atom. The molecule has 0 spiro atoms. The van der Waals surface area contributed by atoms with Crippen LogP contribution in [0.2, 0.25) is 3.12 Å². The number of allylic oxidation sites excluding steroid dienone is 5. The van der Waals surface area contributed by atoms with E-state index < -0.39 is 0 Å². The van der Waals surface area contributed by atoms with E-state index in [9.17, 15) is 0 Å². The van der Waals surface area contributed by atoms with Gasteiger partial charge >= 0.3 is 131 Å². The average molecular weight is 397 g/mol. The molecule has 2 aliphatic carbocycles. The van der Waals surface area contributed by atoms with Crippen LogP contribution in [0.25, 0.3) is 6.08 Å². The summed E-state index contributed by atoms with van der Waals surface area (Å²) in [5.41, 5.74) is 9.09. The topological polar surface area (TPSA) is 0 Å². The number of hydrogen-bond acceptors (Lipinski definition) is 0. The molecule has 0 saturated carbocycles. The molecule has 0 bridgehead atoms. The average Bonchev–Trinajstić information content (AvgIpc) is 2.86. The van der Waals surface area contributed by atoms with Gasteiger partial charge in [0.2, 0.25) is 0 Å². The molecular formula is C18H19Cl2Zr. The largest absolute Gasteiger partial charge is 1.00 e. The van der Waals surface area contributed by atoms with Gasteiger partial charge < -0.3 is 24.8 Å². The summed E-state index contributed by atoms with van der Waals surface area (Å²) < 4.78 is 0.271. The van der Waals surface area contributed by atoms with E-state index in [1.165, 1.54) is 22.3 Å². The predicted octanol–water partition coefficient (Wildman–Crippen LogP) is -0.803. The van der Waals surface area contributed by atoms with E-state index in [-0.39, 0.29) is 27.9 Å². The summed E-state index contributed by atoms with van der Waals surface area (Å²) in [4.78, 5) is 0. The van der Waals surface area contributed by atoms with Crippen LogP contribution in [0.1, 0.15) is 44.7 Å². The van der Waals surface area contributed by atoms with Gasteiger partial charge in [-0.25, -0.2) is 0 Å². The molecule has 0 radical (unpaired) electrons. The van der Waals surface area contributed by atoms with Crippen LogP contribution in [0.15, 0.2) is 52.6 Å². The summed E-state index contributed by atoms with van der Waals surface area (Å²) in [6.07, 6.45) is 4.67. The van der Waals surface area contributed by atoms with Crippen molar-refractivity contribution in [3.8, 4) is 0 Å². The van der Waals surface area contributed by atoms with Gasteiger partial charge in [0.25, 0.3) is 0 Å². The Balaban J connectivity index is 0.00000110. The molecule has 0 nitrogen and oxygen atoms in total. The van der Waals surface area contributed by atoms with Gasteiger partial charge in [-0.1, -0.05) is 0 Å².